The molecule has 1 unspecified atom stereocenters. The van der Waals surface area contributed by atoms with Crippen molar-refractivity contribution in [1.82, 2.24) is 9.80 Å². The molecule has 2 aliphatic heterocycles. The van der Waals surface area contributed by atoms with Crippen molar-refractivity contribution in [3.8, 4) is 0 Å². The second-order valence-corrected chi connectivity index (χ2v) is 9.33. The maximum absolute atomic E-state index is 14.1. The monoisotopic (exact) mass is 388 g/mol. The van der Waals surface area contributed by atoms with Gasteiger partial charge in [0.2, 0.25) is 5.91 Å². The summed E-state index contributed by atoms with van der Waals surface area (Å²) < 4.78 is 34.0. The molecule has 4 nitrogen and oxygen atoms in total. The van der Waals surface area contributed by atoms with Crippen LogP contribution >= 0.6 is 0 Å². The van der Waals surface area contributed by atoms with Gasteiger partial charge in [0.25, 0.3) is 0 Å². The molecular weight excluding hydrogens is 359 g/mol. The van der Waals surface area contributed by atoms with Crippen molar-refractivity contribution in [2.24, 2.45) is 0 Å². The summed E-state index contributed by atoms with van der Waals surface area (Å²) in [5.74, 6) is -0.727. The third kappa shape index (κ3) is 4.15. The Morgan fingerprint density at radius 3 is 2.50 bits per heavy atom. The molecule has 1 spiro atoms. The Morgan fingerprint density at radius 1 is 1.25 bits per heavy atom. The van der Waals surface area contributed by atoms with Crippen LogP contribution in [0.1, 0.15) is 32.3 Å². The average Bonchev–Trinajstić information content (AvgIpc) is 2.61. The van der Waals surface area contributed by atoms with Crippen LogP contribution in [0, 0.1) is 11.6 Å². The third-order valence-corrected chi connectivity index (χ3v) is 6.30. The first-order valence-electron chi connectivity index (χ1n) is 10.2. The zero-order chi connectivity index (χ0) is 20.7. The van der Waals surface area contributed by atoms with Gasteiger partial charge in [-0.3, -0.25) is 4.79 Å². The number of morpholine rings is 1. The molecule has 0 bridgehead atoms. The molecule has 3 rings (SSSR count). The number of hydrogen-bond donors (Lipinski definition) is 0. The van der Waals surface area contributed by atoms with E-state index in [0.717, 1.165) is 32.0 Å². The molecule has 1 aromatic rings. The smallest absolute Gasteiger partial charge is 0.245 e. The Labute approximate surface area is 169 Å². The first-order chi connectivity index (χ1) is 13.0. The van der Waals surface area contributed by atoms with Gasteiger partial charge in [-0.15, -0.1) is 0 Å². The van der Waals surface area contributed by atoms with E-state index in [1.165, 1.54) is 12.1 Å². The lowest BCUT2D eigenvalue weighted by Crippen LogP contribution is -2.68. The molecule has 0 aliphatic carbocycles. The number of amides is 1. The molecule has 150 valence electrons. The van der Waals surface area contributed by atoms with Crippen molar-refractivity contribution in [1.29, 1.82) is 0 Å². The van der Waals surface area contributed by atoms with Gasteiger partial charge in [0, 0.05) is 13.1 Å². The maximum Gasteiger partial charge on any atom is 0.245 e. The van der Waals surface area contributed by atoms with Crippen LogP contribution in [0.25, 0.3) is 0 Å². The second kappa shape index (κ2) is 7.49. The molecule has 9 heteroatoms. The lowest BCUT2D eigenvalue weighted by molar-refractivity contribution is -0.200. The van der Waals surface area contributed by atoms with Crippen LogP contribution in [-0.4, -0.2) is 81.9 Å². The van der Waals surface area contributed by atoms with Gasteiger partial charge in [-0.05, 0) is 75.3 Å². The van der Waals surface area contributed by atoms with E-state index < -0.39 is 11.3 Å². The SMILES string of the molecule is BC1(C)OC2(CCN(C(B)(B)Cc3cc(F)ccc3F)CC2)CN(CC)C1=O. The van der Waals surface area contributed by atoms with Crippen LogP contribution in [0.4, 0.5) is 8.78 Å². The number of benzene rings is 1. The van der Waals surface area contributed by atoms with Crippen molar-refractivity contribution in [2.75, 3.05) is 26.2 Å². The normalized spacial score (nSPS) is 26.0. The number of nitrogens with zero attached hydrogens (tertiary/aromatic N) is 2. The molecular formula is C19H29B3F2N2O2. The summed E-state index contributed by atoms with van der Waals surface area (Å²) in [6.45, 7) is 6.75. The van der Waals surface area contributed by atoms with E-state index in [4.69, 9.17) is 4.74 Å². The number of likely N-dealkylation sites (tertiary alicyclic amines) is 1. The zero-order valence-corrected chi connectivity index (χ0v) is 17.6. The first-order valence-corrected chi connectivity index (χ1v) is 10.2. The quantitative estimate of drug-likeness (QED) is 0.652. The number of piperidine rings is 1. The average molecular weight is 388 g/mol. The lowest BCUT2D eigenvalue weighted by atomic mass is 9.57. The zero-order valence-electron chi connectivity index (χ0n) is 17.6. The molecule has 0 aromatic heterocycles. The minimum absolute atomic E-state index is 0.0463. The van der Waals surface area contributed by atoms with Crippen LogP contribution in [0.3, 0.4) is 0 Å². The summed E-state index contributed by atoms with van der Waals surface area (Å²) in [4.78, 5) is 16.7. The van der Waals surface area contributed by atoms with Crippen molar-refractivity contribution < 1.29 is 18.3 Å². The molecule has 0 saturated carbocycles. The number of carbonyl (C=O) groups excluding carboxylic acids is 1. The van der Waals surface area contributed by atoms with Gasteiger partial charge in [0.1, 0.15) is 32.8 Å². The van der Waals surface area contributed by atoms with E-state index in [-0.39, 0.29) is 22.7 Å². The molecule has 2 saturated heterocycles. The van der Waals surface area contributed by atoms with Crippen LogP contribution in [-0.2, 0) is 16.0 Å². The van der Waals surface area contributed by atoms with E-state index in [1.54, 1.807) is 0 Å². The maximum atomic E-state index is 14.1. The first kappa shape index (κ1) is 21.4. The summed E-state index contributed by atoms with van der Waals surface area (Å²) in [7, 11) is 5.99. The Hall–Kier alpha value is -1.34. The van der Waals surface area contributed by atoms with Gasteiger partial charge in [-0.2, -0.15) is 0 Å². The molecule has 1 amide bonds. The van der Waals surface area contributed by atoms with Crippen molar-refractivity contribution >= 4 is 29.4 Å². The van der Waals surface area contributed by atoms with Crippen LogP contribution in [0.15, 0.2) is 18.2 Å². The molecule has 2 heterocycles. The third-order valence-electron chi connectivity index (χ3n) is 6.30. The highest BCUT2D eigenvalue weighted by Gasteiger charge is 2.50. The van der Waals surface area contributed by atoms with Crippen LogP contribution < -0.4 is 0 Å². The molecule has 1 aromatic carbocycles. The molecule has 1 atom stereocenters. The van der Waals surface area contributed by atoms with Gasteiger partial charge in [-0.1, -0.05) is 0 Å². The minimum atomic E-state index is -0.809. The number of halogens is 2. The van der Waals surface area contributed by atoms with Gasteiger partial charge < -0.3 is 14.5 Å². The Kier molecular flexibility index (Phi) is 5.72. The highest BCUT2D eigenvalue weighted by molar-refractivity contribution is 6.40. The summed E-state index contributed by atoms with van der Waals surface area (Å²) in [5.41, 5.74) is -0.733. The highest BCUT2D eigenvalue weighted by atomic mass is 19.1. The second-order valence-electron chi connectivity index (χ2n) is 9.33. The Balaban J connectivity index is 1.70. The fourth-order valence-corrected chi connectivity index (χ4v) is 4.71. The Bertz CT molecular complexity index is 753. The van der Waals surface area contributed by atoms with Gasteiger partial charge in [0.15, 0.2) is 7.85 Å². The van der Waals surface area contributed by atoms with Crippen molar-refractivity contribution in [3.63, 3.8) is 0 Å². The highest BCUT2D eigenvalue weighted by Crippen LogP contribution is 2.37. The minimum Gasteiger partial charge on any atom is -0.366 e. The predicted molar refractivity (Wildman–Crippen MR) is 114 cm³/mol. The Morgan fingerprint density at radius 2 is 1.89 bits per heavy atom. The number of ether oxygens (including phenoxy) is 1. The van der Waals surface area contributed by atoms with E-state index in [0.29, 0.717) is 25.1 Å². The van der Waals surface area contributed by atoms with E-state index in [9.17, 15) is 13.6 Å². The summed E-state index contributed by atoms with van der Waals surface area (Å²) in [6, 6.07) is 3.64. The summed E-state index contributed by atoms with van der Waals surface area (Å²) in [5, 5.41) is -0.305. The summed E-state index contributed by atoms with van der Waals surface area (Å²) in [6.07, 6.45) is 2.07. The van der Waals surface area contributed by atoms with Crippen molar-refractivity contribution in [3.05, 3.63) is 35.4 Å². The van der Waals surface area contributed by atoms with Gasteiger partial charge >= 0.3 is 0 Å². The predicted octanol–water partition coefficient (Wildman–Crippen LogP) is -0.510. The van der Waals surface area contributed by atoms with E-state index >= 15 is 0 Å². The number of hydrogen-bond acceptors (Lipinski definition) is 3. The lowest BCUT2D eigenvalue weighted by Gasteiger charge is -2.54. The largest absolute Gasteiger partial charge is 0.366 e. The van der Waals surface area contributed by atoms with Gasteiger partial charge in [-0.25, -0.2) is 8.78 Å². The molecule has 0 radical (unpaired) electrons. The fraction of sp³-hybridized carbons (Fsp3) is 0.632. The van der Waals surface area contributed by atoms with E-state index in [1.807, 2.05) is 26.6 Å². The van der Waals surface area contributed by atoms with E-state index in [2.05, 4.69) is 20.6 Å². The number of likely N-dealkylation sites (N-methyl/N-ethyl adjacent to an activating group) is 1. The topological polar surface area (TPSA) is 32.8 Å². The molecule has 0 N–H and O–H groups in total. The summed E-state index contributed by atoms with van der Waals surface area (Å²) >= 11 is 0. The molecule has 28 heavy (non-hydrogen) atoms. The van der Waals surface area contributed by atoms with Gasteiger partial charge in [0.05, 0.1) is 5.60 Å². The number of carbonyl (C=O) groups is 1. The number of rotatable bonds is 4. The standard InChI is InChI=1S/C19H29B3F2N2O2/c1-3-25-12-18(28-17(2,20)16(25)27)6-8-26(9-7-18)19(21,22)11-13-10-14(23)4-5-15(13)24/h4-5,10H,3,6-9,11-12,20-22H2,1-2H3. The molecule has 2 aliphatic rings. The van der Waals surface area contributed by atoms with Crippen molar-refractivity contribution in [2.45, 2.75) is 49.5 Å². The van der Waals surface area contributed by atoms with Crippen LogP contribution in [0.2, 0.25) is 0 Å². The molecule has 2 fully saturated rings. The van der Waals surface area contributed by atoms with Crippen LogP contribution in [0.5, 0.6) is 0 Å². The fourth-order valence-electron chi connectivity index (χ4n) is 4.71.